The number of anilines is 1. The van der Waals surface area contributed by atoms with Crippen LogP contribution >= 0.6 is 11.3 Å². The highest BCUT2D eigenvalue weighted by Crippen LogP contribution is 2.24. The van der Waals surface area contributed by atoms with E-state index in [1.807, 2.05) is 16.0 Å². The molecule has 0 fully saturated rings. The number of amides is 1. The predicted molar refractivity (Wildman–Crippen MR) is 97.2 cm³/mol. The second kappa shape index (κ2) is 6.68. The van der Waals surface area contributed by atoms with E-state index in [4.69, 9.17) is 0 Å². The van der Waals surface area contributed by atoms with Gasteiger partial charge in [-0.05, 0) is 42.5 Å². The van der Waals surface area contributed by atoms with E-state index in [2.05, 4.69) is 10.3 Å². The van der Waals surface area contributed by atoms with Gasteiger partial charge in [-0.3, -0.25) is 9.20 Å². The molecule has 0 unspecified atom stereocenters. The smallest absolute Gasteiger partial charge is 0.230 e. The van der Waals surface area contributed by atoms with Crippen molar-refractivity contribution in [2.45, 2.75) is 6.42 Å². The number of imidazole rings is 1. The summed E-state index contributed by atoms with van der Waals surface area (Å²) in [7, 11) is 0. The van der Waals surface area contributed by atoms with Crippen molar-refractivity contribution in [3.63, 3.8) is 0 Å². The summed E-state index contributed by atoms with van der Waals surface area (Å²) in [6, 6.07) is 11.9. The Bertz CT molecular complexity index is 1090. The lowest BCUT2D eigenvalue weighted by molar-refractivity contribution is -0.115. The number of thiazole rings is 1. The molecular weight excluding hydrogens is 356 g/mol. The van der Waals surface area contributed by atoms with Gasteiger partial charge in [-0.25, -0.2) is 13.8 Å². The molecule has 4 rings (SSSR count). The molecule has 2 aromatic carbocycles. The third-order valence-electron chi connectivity index (χ3n) is 3.87. The molecule has 0 atom stereocenters. The largest absolute Gasteiger partial charge is 0.326 e. The third kappa shape index (κ3) is 3.34. The number of benzene rings is 2. The Hall–Kier alpha value is -3.06. The van der Waals surface area contributed by atoms with Crippen LogP contribution < -0.4 is 5.32 Å². The molecule has 26 heavy (non-hydrogen) atoms. The van der Waals surface area contributed by atoms with E-state index in [9.17, 15) is 13.6 Å². The molecule has 7 heteroatoms. The first-order valence-corrected chi connectivity index (χ1v) is 8.73. The van der Waals surface area contributed by atoms with Gasteiger partial charge in [-0.2, -0.15) is 0 Å². The summed E-state index contributed by atoms with van der Waals surface area (Å²) < 4.78 is 28.1. The summed E-state index contributed by atoms with van der Waals surface area (Å²) in [4.78, 5) is 17.5. The first-order valence-electron chi connectivity index (χ1n) is 7.85. The molecule has 0 radical (unpaired) electrons. The third-order valence-corrected chi connectivity index (χ3v) is 4.76. The molecule has 2 aromatic heterocycles. The average molecular weight is 369 g/mol. The lowest BCUT2D eigenvalue weighted by atomic mass is 10.2. The topological polar surface area (TPSA) is 46.4 Å². The number of hydrogen-bond donors (Lipinski definition) is 1. The van der Waals surface area contributed by atoms with Crippen LogP contribution in [0.4, 0.5) is 14.5 Å². The van der Waals surface area contributed by atoms with Crippen molar-refractivity contribution in [3.05, 3.63) is 77.4 Å². The van der Waals surface area contributed by atoms with Gasteiger partial charge in [0.15, 0.2) is 4.96 Å². The van der Waals surface area contributed by atoms with Crippen molar-refractivity contribution in [2.75, 3.05) is 5.32 Å². The molecule has 0 aliphatic rings. The number of carbonyl (C=O) groups is 1. The molecule has 0 aliphatic heterocycles. The van der Waals surface area contributed by atoms with Gasteiger partial charge in [0.1, 0.15) is 11.6 Å². The van der Waals surface area contributed by atoms with Gasteiger partial charge < -0.3 is 5.32 Å². The van der Waals surface area contributed by atoms with Crippen LogP contribution in [0, 0.1) is 11.6 Å². The van der Waals surface area contributed by atoms with Gasteiger partial charge in [0.2, 0.25) is 5.91 Å². The molecule has 0 saturated carbocycles. The van der Waals surface area contributed by atoms with Gasteiger partial charge in [0, 0.05) is 28.5 Å². The number of halogens is 2. The fraction of sp³-hybridized carbons (Fsp3) is 0.0526. The number of aromatic nitrogens is 2. The minimum atomic E-state index is -0.403. The normalized spacial score (nSPS) is 11.0. The van der Waals surface area contributed by atoms with E-state index < -0.39 is 5.82 Å². The van der Waals surface area contributed by atoms with Crippen molar-refractivity contribution >= 4 is 27.9 Å². The van der Waals surface area contributed by atoms with Crippen LogP contribution in [0.15, 0.2) is 60.1 Å². The lowest BCUT2D eigenvalue weighted by Gasteiger charge is -2.04. The first-order chi connectivity index (χ1) is 12.6. The van der Waals surface area contributed by atoms with Gasteiger partial charge in [-0.15, -0.1) is 11.3 Å². The van der Waals surface area contributed by atoms with E-state index in [-0.39, 0.29) is 18.1 Å². The van der Waals surface area contributed by atoms with Crippen LogP contribution in [0.3, 0.4) is 0 Å². The molecule has 4 aromatic rings. The van der Waals surface area contributed by atoms with E-state index in [0.29, 0.717) is 11.4 Å². The van der Waals surface area contributed by atoms with Crippen LogP contribution in [0.1, 0.15) is 5.69 Å². The molecular formula is C19H13F2N3OS. The Morgan fingerprint density at radius 3 is 2.69 bits per heavy atom. The van der Waals surface area contributed by atoms with Crippen LogP contribution in [0.25, 0.3) is 16.2 Å². The number of fused-ring (bicyclic) bond motifs is 1. The highest BCUT2D eigenvalue weighted by atomic mass is 32.1. The minimum Gasteiger partial charge on any atom is -0.326 e. The van der Waals surface area contributed by atoms with E-state index in [1.54, 1.807) is 24.3 Å². The Morgan fingerprint density at radius 2 is 1.92 bits per heavy atom. The quantitative estimate of drug-likeness (QED) is 0.575. The van der Waals surface area contributed by atoms with Crippen LogP contribution in [0.5, 0.6) is 0 Å². The first kappa shape index (κ1) is 16.4. The van der Waals surface area contributed by atoms with Crippen molar-refractivity contribution in [1.29, 1.82) is 0 Å². The van der Waals surface area contributed by atoms with Crippen molar-refractivity contribution in [1.82, 2.24) is 9.38 Å². The molecule has 130 valence electrons. The lowest BCUT2D eigenvalue weighted by Crippen LogP contribution is -2.15. The highest BCUT2D eigenvalue weighted by Gasteiger charge is 2.13. The standard InChI is InChI=1S/C19H13F2N3OS/c20-13-6-4-12(5-7-13)17-10-24-16(11-26-19(24)23-17)9-18(25)22-15-3-1-2-14(21)8-15/h1-8,10-11H,9H2,(H,22,25). The Morgan fingerprint density at radius 1 is 1.12 bits per heavy atom. The van der Waals surface area contributed by atoms with Crippen molar-refractivity contribution < 1.29 is 13.6 Å². The van der Waals surface area contributed by atoms with Gasteiger partial charge in [0.05, 0.1) is 12.1 Å². The number of nitrogens with one attached hydrogen (secondary N) is 1. The minimum absolute atomic E-state index is 0.135. The zero-order valence-corrected chi connectivity index (χ0v) is 14.3. The van der Waals surface area contributed by atoms with Gasteiger partial charge >= 0.3 is 0 Å². The SMILES string of the molecule is O=C(Cc1csc2nc(-c3ccc(F)cc3)cn12)Nc1cccc(F)c1. The summed E-state index contributed by atoms with van der Waals surface area (Å²) in [5, 5.41) is 4.54. The number of nitrogens with zero attached hydrogens (tertiary/aromatic N) is 2. The Labute approximate surface area is 151 Å². The second-order valence-electron chi connectivity index (χ2n) is 5.75. The van der Waals surface area contributed by atoms with Gasteiger partial charge in [0.25, 0.3) is 0 Å². The fourth-order valence-corrected chi connectivity index (χ4v) is 3.53. The molecule has 1 N–H and O–H groups in total. The average Bonchev–Trinajstić information content (AvgIpc) is 3.18. The Balaban J connectivity index is 1.55. The maximum absolute atomic E-state index is 13.2. The Kier molecular flexibility index (Phi) is 4.22. The van der Waals surface area contributed by atoms with Crippen molar-refractivity contribution in [2.24, 2.45) is 0 Å². The fourth-order valence-electron chi connectivity index (χ4n) is 2.65. The van der Waals surface area contributed by atoms with E-state index in [1.165, 1.54) is 35.6 Å². The molecule has 0 spiro atoms. The molecule has 2 heterocycles. The molecule has 0 bridgehead atoms. The maximum atomic E-state index is 13.2. The van der Waals surface area contributed by atoms with Crippen LogP contribution in [0.2, 0.25) is 0 Å². The molecule has 1 amide bonds. The van der Waals surface area contributed by atoms with Gasteiger partial charge in [-0.1, -0.05) is 6.07 Å². The zero-order valence-electron chi connectivity index (χ0n) is 13.4. The zero-order chi connectivity index (χ0) is 18.1. The summed E-state index contributed by atoms with van der Waals surface area (Å²) >= 11 is 1.42. The highest BCUT2D eigenvalue weighted by molar-refractivity contribution is 7.15. The summed E-state index contributed by atoms with van der Waals surface area (Å²) in [6.07, 6.45) is 1.96. The van der Waals surface area contributed by atoms with Crippen LogP contribution in [-0.2, 0) is 11.2 Å². The second-order valence-corrected chi connectivity index (χ2v) is 6.58. The van der Waals surface area contributed by atoms with E-state index >= 15 is 0 Å². The predicted octanol–water partition coefficient (Wildman–Crippen LogP) is 4.52. The number of hydrogen-bond acceptors (Lipinski definition) is 3. The summed E-state index contributed by atoms with van der Waals surface area (Å²) in [5.74, 6) is -0.948. The van der Waals surface area contributed by atoms with Crippen molar-refractivity contribution in [3.8, 4) is 11.3 Å². The van der Waals surface area contributed by atoms with Crippen LogP contribution in [-0.4, -0.2) is 15.3 Å². The molecule has 4 nitrogen and oxygen atoms in total. The molecule has 0 saturated heterocycles. The summed E-state index contributed by atoms with van der Waals surface area (Å²) in [6.45, 7) is 0. The number of rotatable bonds is 4. The maximum Gasteiger partial charge on any atom is 0.230 e. The monoisotopic (exact) mass is 369 g/mol. The van der Waals surface area contributed by atoms with E-state index in [0.717, 1.165) is 16.2 Å². The summed E-state index contributed by atoms with van der Waals surface area (Å²) in [5.41, 5.74) is 2.71. The number of carbonyl (C=O) groups excluding carboxylic acids is 1. The molecule has 0 aliphatic carbocycles.